The van der Waals surface area contributed by atoms with Crippen molar-refractivity contribution in [2.24, 2.45) is 0 Å². The predicted molar refractivity (Wildman–Crippen MR) is 81.1 cm³/mol. The number of carbonyl (C=O) groups is 1. The van der Waals surface area contributed by atoms with E-state index < -0.39 is 0 Å². The van der Waals surface area contributed by atoms with Crippen LogP contribution < -0.4 is 4.74 Å². The quantitative estimate of drug-likeness (QED) is 0.919. The summed E-state index contributed by atoms with van der Waals surface area (Å²) >= 11 is 3.40. The van der Waals surface area contributed by atoms with Crippen molar-refractivity contribution in [1.82, 2.24) is 4.90 Å². The van der Waals surface area contributed by atoms with Crippen LogP contribution in [0, 0.1) is 0 Å². The molecule has 0 unspecified atom stereocenters. The Bertz CT molecular complexity index is 482. The Labute approximate surface area is 127 Å². The number of hydrogen-bond acceptors (Lipinski definition) is 3. The van der Waals surface area contributed by atoms with Crippen molar-refractivity contribution < 1.29 is 14.6 Å². The zero-order chi connectivity index (χ0) is 14.7. The van der Waals surface area contributed by atoms with E-state index in [0.29, 0.717) is 37.2 Å². The van der Waals surface area contributed by atoms with Crippen molar-refractivity contribution in [3.8, 4) is 5.75 Å². The molecule has 1 heterocycles. The SMILES string of the molecule is CC(C)Oc1cc(Br)ccc1C(=O)N1CCC(O)CC1. The molecule has 0 aliphatic carbocycles. The Morgan fingerprint density at radius 2 is 2.05 bits per heavy atom. The van der Waals surface area contributed by atoms with Gasteiger partial charge in [0.2, 0.25) is 0 Å². The molecule has 1 aliphatic heterocycles. The zero-order valence-electron chi connectivity index (χ0n) is 11.8. The first kappa shape index (κ1) is 15.3. The molecular formula is C15H20BrNO3. The molecule has 1 aromatic rings. The minimum absolute atomic E-state index is 0.0130. The largest absolute Gasteiger partial charge is 0.490 e. The van der Waals surface area contributed by atoms with E-state index in [0.717, 1.165) is 4.47 Å². The molecule has 0 atom stereocenters. The van der Waals surface area contributed by atoms with Crippen LogP contribution >= 0.6 is 15.9 Å². The Kier molecular flexibility index (Phi) is 5.05. The van der Waals surface area contributed by atoms with Crippen LogP contribution in [0.25, 0.3) is 0 Å². The topological polar surface area (TPSA) is 49.8 Å². The molecule has 1 N–H and O–H groups in total. The van der Waals surface area contributed by atoms with Crippen LogP contribution in [-0.2, 0) is 0 Å². The number of carbonyl (C=O) groups excluding carboxylic acids is 1. The Hall–Kier alpha value is -1.07. The molecule has 20 heavy (non-hydrogen) atoms. The van der Waals surface area contributed by atoms with Gasteiger partial charge in [-0.2, -0.15) is 0 Å². The monoisotopic (exact) mass is 341 g/mol. The van der Waals surface area contributed by atoms with Gasteiger partial charge in [0, 0.05) is 17.6 Å². The van der Waals surface area contributed by atoms with Crippen molar-refractivity contribution in [3.05, 3.63) is 28.2 Å². The summed E-state index contributed by atoms with van der Waals surface area (Å²) in [6.45, 7) is 5.06. The maximum absolute atomic E-state index is 12.6. The van der Waals surface area contributed by atoms with E-state index >= 15 is 0 Å². The van der Waals surface area contributed by atoms with Crippen molar-refractivity contribution in [3.63, 3.8) is 0 Å². The zero-order valence-corrected chi connectivity index (χ0v) is 13.4. The van der Waals surface area contributed by atoms with Crippen molar-refractivity contribution in [2.45, 2.75) is 38.9 Å². The van der Waals surface area contributed by atoms with Gasteiger partial charge in [-0.05, 0) is 44.9 Å². The van der Waals surface area contributed by atoms with Crippen LogP contribution in [0.5, 0.6) is 5.75 Å². The number of aliphatic hydroxyl groups is 1. The van der Waals surface area contributed by atoms with Gasteiger partial charge in [0.15, 0.2) is 0 Å². The molecule has 110 valence electrons. The summed E-state index contributed by atoms with van der Waals surface area (Å²) in [6, 6.07) is 5.46. The molecule has 5 heteroatoms. The summed E-state index contributed by atoms with van der Waals surface area (Å²) in [5.74, 6) is 0.575. The first-order valence-corrected chi connectivity index (χ1v) is 7.70. The third-order valence-electron chi connectivity index (χ3n) is 3.29. The molecular weight excluding hydrogens is 322 g/mol. The normalized spacial score (nSPS) is 16.6. The fourth-order valence-corrected chi connectivity index (χ4v) is 2.60. The molecule has 1 aliphatic rings. The molecule has 1 saturated heterocycles. The highest BCUT2D eigenvalue weighted by atomic mass is 79.9. The third-order valence-corrected chi connectivity index (χ3v) is 3.78. The van der Waals surface area contributed by atoms with Gasteiger partial charge in [-0.1, -0.05) is 15.9 Å². The van der Waals surface area contributed by atoms with Gasteiger partial charge in [-0.15, -0.1) is 0 Å². The Balaban J connectivity index is 2.20. The van der Waals surface area contributed by atoms with E-state index in [2.05, 4.69) is 15.9 Å². The smallest absolute Gasteiger partial charge is 0.257 e. The van der Waals surface area contributed by atoms with E-state index in [9.17, 15) is 9.90 Å². The maximum Gasteiger partial charge on any atom is 0.257 e. The number of benzene rings is 1. The molecule has 2 rings (SSSR count). The van der Waals surface area contributed by atoms with E-state index in [1.165, 1.54) is 0 Å². The average Bonchev–Trinajstić information content (AvgIpc) is 2.38. The first-order valence-electron chi connectivity index (χ1n) is 6.91. The van der Waals surface area contributed by atoms with Gasteiger partial charge in [0.1, 0.15) is 5.75 Å². The molecule has 1 fully saturated rings. The number of halogens is 1. The summed E-state index contributed by atoms with van der Waals surface area (Å²) < 4.78 is 6.62. The molecule has 0 aromatic heterocycles. The Morgan fingerprint density at radius 1 is 1.40 bits per heavy atom. The lowest BCUT2D eigenvalue weighted by atomic mass is 10.1. The van der Waals surface area contributed by atoms with Crippen LogP contribution in [0.2, 0.25) is 0 Å². The number of ether oxygens (including phenoxy) is 1. The van der Waals surface area contributed by atoms with Gasteiger partial charge in [-0.3, -0.25) is 4.79 Å². The second-order valence-electron chi connectivity index (χ2n) is 5.33. The lowest BCUT2D eigenvalue weighted by molar-refractivity contribution is 0.0542. The van der Waals surface area contributed by atoms with Gasteiger partial charge < -0.3 is 14.7 Å². The number of rotatable bonds is 3. The van der Waals surface area contributed by atoms with Crippen molar-refractivity contribution in [1.29, 1.82) is 0 Å². The highest BCUT2D eigenvalue weighted by Crippen LogP contribution is 2.27. The van der Waals surface area contributed by atoms with Crippen LogP contribution in [0.1, 0.15) is 37.0 Å². The molecule has 0 spiro atoms. The molecule has 1 amide bonds. The number of nitrogens with zero attached hydrogens (tertiary/aromatic N) is 1. The third kappa shape index (κ3) is 3.73. The molecule has 4 nitrogen and oxygen atoms in total. The number of likely N-dealkylation sites (tertiary alicyclic amines) is 1. The van der Waals surface area contributed by atoms with E-state index in [4.69, 9.17) is 4.74 Å². The van der Waals surface area contributed by atoms with Crippen LogP contribution in [0.15, 0.2) is 22.7 Å². The van der Waals surface area contributed by atoms with Crippen molar-refractivity contribution in [2.75, 3.05) is 13.1 Å². The van der Waals surface area contributed by atoms with E-state index in [1.54, 1.807) is 11.0 Å². The van der Waals surface area contributed by atoms with E-state index in [-0.39, 0.29) is 18.1 Å². The van der Waals surface area contributed by atoms with Gasteiger partial charge >= 0.3 is 0 Å². The van der Waals surface area contributed by atoms with Crippen LogP contribution in [-0.4, -0.2) is 41.2 Å². The standard InChI is InChI=1S/C15H20BrNO3/c1-10(2)20-14-9-11(16)3-4-13(14)15(19)17-7-5-12(18)6-8-17/h3-4,9-10,12,18H,5-8H2,1-2H3. The minimum Gasteiger partial charge on any atom is -0.490 e. The maximum atomic E-state index is 12.6. The second-order valence-corrected chi connectivity index (χ2v) is 6.25. The summed E-state index contributed by atoms with van der Waals surface area (Å²) in [4.78, 5) is 14.3. The lowest BCUT2D eigenvalue weighted by Crippen LogP contribution is -2.40. The second kappa shape index (κ2) is 6.59. The minimum atomic E-state index is -0.282. The fourth-order valence-electron chi connectivity index (χ4n) is 2.26. The molecule has 0 bridgehead atoms. The highest BCUT2D eigenvalue weighted by Gasteiger charge is 2.24. The van der Waals surface area contributed by atoms with Crippen molar-refractivity contribution >= 4 is 21.8 Å². The fraction of sp³-hybridized carbons (Fsp3) is 0.533. The highest BCUT2D eigenvalue weighted by molar-refractivity contribution is 9.10. The summed E-state index contributed by atoms with van der Waals surface area (Å²) in [5.41, 5.74) is 0.582. The summed E-state index contributed by atoms with van der Waals surface area (Å²) in [5, 5.41) is 9.52. The number of aliphatic hydroxyl groups excluding tert-OH is 1. The number of amides is 1. The van der Waals surface area contributed by atoms with Gasteiger partial charge in [-0.25, -0.2) is 0 Å². The molecule has 1 aromatic carbocycles. The van der Waals surface area contributed by atoms with E-state index in [1.807, 2.05) is 26.0 Å². The lowest BCUT2D eigenvalue weighted by Gasteiger charge is -2.30. The molecule has 0 saturated carbocycles. The Morgan fingerprint density at radius 3 is 2.65 bits per heavy atom. The summed E-state index contributed by atoms with van der Waals surface area (Å²) in [6.07, 6.45) is 1.01. The number of hydrogen-bond donors (Lipinski definition) is 1. The first-order chi connectivity index (χ1) is 9.47. The molecule has 0 radical (unpaired) electrons. The average molecular weight is 342 g/mol. The van der Waals surface area contributed by atoms with Gasteiger partial charge in [0.05, 0.1) is 17.8 Å². The number of piperidine rings is 1. The van der Waals surface area contributed by atoms with Gasteiger partial charge in [0.25, 0.3) is 5.91 Å². The predicted octanol–water partition coefficient (Wildman–Crippen LogP) is 2.83. The van der Waals surface area contributed by atoms with Crippen LogP contribution in [0.4, 0.5) is 0 Å². The summed E-state index contributed by atoms with van der Waals surface area (Å²) in [7, 11) is 0. The van der Waals surface area contributed by atoms with Crippen LogP contribution in [0.3, 0.4) is 0 Å².